The molecule has 0 unspecified atom stereocenters. The van der Waals surface area contributed by atoms with Crippen molar-refractivity contribution in [2.45, 2.75) is 0 Å². The van der Waals surface area contributed by atoms with Gasteiger partial charge >= 0.3 is 6.03 Å². The van der Waals surface area contributed by atoms with E-state index in [2.05, 4.69) is 30.9 Å². The van der Waals surface area contributed by atoms with Crippen LogP contribution < -0.4 is 20.9 Å². The van der Waals surface area contributed by atoms with Gasteiger partial charge in [-0.15, -0.1) is 0 Å². The van der Waals surface area contributed by atoms with Crippen molar-refractivity contribution in [3.05, 3.63) is 60.6 Å². The topological polar surface area (TPSA) is 115 Å². The monoisotopic (exact) mass is 458 g/mol. The van der Waals surface area contributed by atoms with Crippen molar-refractivity contribution in [1.82, 2.24) is 14.9 Å². The summed E-state index contributed by atoms with van der Waals surface area (Å²) in [5.41, 5.74) is 4.63. The zero-order valence-corrected chi connectivity index (χ0v) is 19.5. The summed E-state index contributed by atoms with van der Waals surface area (Å²) in [6.45, 7) is 0.306. The summed E-state index contributed by atoms with van der Waals surface area (Å²) >= 11 is 0. The van der Waals surface area contributed by atoms with Crippen LogP contribution in [0.3, 0.4) is 0 Å². The van der Waals surface area contributed by atoms with Crippen molar-refractivity contribution in [2.75, 3.05) is 55.7 Å². The van der Waals surface area contributed by atoms with Crippen LogP contribution in [0.1, 0.15) is 5.56 Å². The molecule has 0 saturated heterocycles. The lowest BCUT2D eigenvalue weighted by Gasteiger charge is -2.19. The van der Waals surface area contributed by atoms with E-state index in [0.29, 0.717) is 29.3 Å². The molecule has 0 bridgehead atoms. The van der Waals surface area contributed by atoms with Crippen LogP contribution >= 0.6 is 0 Å². The second kappa shape index (κ2) is 9.57. The average Bonchev–Trinajstić information content (AvgIpc) is 2.83. The zero-order valence-electron chi connectivity index (χ0n) is 19.5. The molecule has 3 heterocycles. The molecule has 0 spiro atoms. The first-order chi connectivity index (χ1) is 16.3. The smallest absolute Gasteiger partial charge is 0.321 e. The van der Waals surface area contributed by atoms with Gasteiger partial charge < -0.3 is 25.8 Å². The number of pyridine rings is 2. The van der Waals surface area contributed by atoms with Crippen molar-refractivity contribution in [1.29, 1.82) is 0 Å². The number of amides is 3. The fraction of sp³-hybridized carbons (Fsp3) is 0.208. The van der Waals surface area contributed by atoms with Crippen LogP contribution in [0.2, 0.25) is 0 Å². The fourth-order valence-electron chi connectivity index (χ4n) is 3.37. The van der Waals surface area contributed by atoms with Gasteiger partial charge in [-0.3, -0.25) is 14.8 Å². The summed E-state index contributed by atoms with van der Waals surface area (Å²) in [6, 6.07) is 11.0. The highest BCUT2D eigenvalue weighted by atomic mass is 16.2. The molecule has 0 atom stereocenters. The molecule has 10 nitrogen and oxygen atoms in total. The first-order valence-corrected chi connectivity index (χ1v) is 10.6. The Morgan fingerprint density at radius 2 is 1.74 bits per heavy atom. The maximum Gasteiger partial charge on any atom is 0.321 e. The molecule has 1 aliphatic rings. The van der Waals surface area contributed by atoms with E-state index < -0.39 is 0 Å². The van der Waals surface area contributed by atoms with E-state index >= 15 is 0 Å². The molecular formula is C24H26N8O2. The van der Waals surface area contributed by atoms with Crippen LogP contribution in [0.25, 0.3) is 11.1 Å². The summed E-state index contributed by atoms with van der Waals surface area (Å²) in [5, 5.41) is 8.87. The van der Waals surface area contributed by atoms with Gasteiger partial charge in [0, 0.05) is 51.2 Å². The normalized spacial score (nSPS) is 12.1. The molecule has 4 rings (SSSR count). The number of nitrogens with one attached hydrogen (secondary N) is 3. The van der Waals surface area contributed by atoms with E-state index in [1.165, 1.54) is 4.90 Å². The van der Waals surface area contributed by atoms with Crippen molar-refractivity contribution < 1.29 is 9.59 Å². The average molecular weight is 459 g/mol. The number of benzene rings is 1. The molecule has 3 amide bonds. The van der Waals surface area contributed by atoms with Crippen molar-refractivity contribution in [2.24, 2.45) is 4.99 Å². The first-order valence-electron chi connectivity index (χ1n) is 10.6. The number of hydrogen-bond acceptors (Lipinski definition) is 7. The van der Waals surface area contributed by atoms with Crippen LogP contribution in [0.15, 0.2) is 60.0 Å². The summed E-state index contributed by atoms with van der Waals surface area (Å²) in [4.78, 5) is 41.4. The van der Waals surface area contributed by atoms with E-state index in [-0.39, 0.29) is 11.9 Å². The molecule has 34 heavy (non-hydrogen) atoms. The van der Waals surface area contributed by atoms with Crippen molar-refractivity contribution in [3.8, 4) is 11.1 Å². The van der Waals surface area contributed by atoms with E-state index in [1.54, 1.807) is 38.8 Å². The Kier molecular flexibility index (Phi) is 6.39. The quantitative estimate of drug-likeness (QED) is 0.541. The minimum Gasteiger partial charge on any atom is -0.366 e. The summed E-state index contributed by atoms with van der Waals surface area (Å²) < 4.78 is 0. The van der Waals surface area contributed by atoms with Crippen LogP contribution in [-0.2, 0) is 4.79 Å². The maximum atomic E-state index is 13.1. The minimum absolute atomic E-state index is 0.243. The number of fused-ring (bicyclic) bond motifs is 1. The number of nitrogens with zero attached hydrogens (tertiary/aromatic N) is 5. The molecule has 3 N–H and O–H groups in total. The Hall–Kier alpha value is -4.47. The standard InChI is InChI=1S/C24H26N8O2/c1-31(2)21-8-6-17(13-26-21)29-23(33)22-19-10-15(5-7-20(19)27-14-28-22)16-9-18(12-25-11-16)30-24(34)32(3)4/h5-13,27H,14H2,1-4H3,(H,29,33)(H,30,34). The van der Waals surface area contributed by atoms with Crippen LogP contribution in [0.5, 0.6) is 0 Å². The Balaban J connectivity index is 1.58. The summed E-state index contributed by atoms with van der Waals surface area (Å²) in [7, 11) is 7.14. The molecule has 174 valence electrons. The van der Waals surface area contributed by atoms with E-state index in [1.807, 2.05) is 49.3 Å². The molecule has 1 aliphatic heterocycles. The van der Waals surface area contributed by atoms with Crippen LogP contribution in [-0.4, -0.2) is 67.4 Å². The molecule has 1 aromatic carbocycles. The lowest BCUT2D eigenvalue weighted by Crippen LogP contribution is -2.28. The molecule has 10 heteroatoms. The fourth-order valence-corrected chi connectivity index (χ4v) is 3.37. The zero-order chi connectivity index (χ0) is 24.2. The number of aliphatic imine (C=N–C) groups is 1. The van der Waals surface area contributed by atoms with Crippen molar-refractivity contribution >= 4 is 40.5 Å². The largest absolute Gasteiger partial charge is 0.366 e. The molecule has 0 aliphatic carbocycles. The molecular weight excluding hydrogens is 432 g/mol. The molecule has 2 aromatic heterocycles. The minimum atomic E-state index is -0.315. The highest BCUT2D eigenvalue weighted by Crippen LogP contribution is 2.29. The number of rotatable bonds is 5. The molecule has 0 radical (unpaired) electrons. The first kappa shape index (κ1) is 22.7. The lowest BCUT2D eigenvalue weighted by molar-refractivity contribution is -0.110. The van der Waals surface area contributed by atoms with Gasteiger partial charge in [0.05, 0.1) is 23.8 Å². The van der Waals surface area contributed by atoms with Gasteiger partial charge in [-0.2, -0.15) is 0 Å². The van der Waals surface area contributed by atoms with Crippen LogP contribution in [0, 0.1) is 0 Å². The Morgan fingerprint density at radius 1 is 0.912 bits per heavy atom. The number of carbonyl (C=O) groups excluding carboxylic acids is 2. The van der Waals surface area contributed by atoms with E-state index in [9.17, 15) is 9.59 Å². The van der Waals surface area contributed by atoms with Gasteiger partial charge in [0.15, 0.2) is 0 Å². The van der Waals surface area contributed by atoms with Gasteiger partial charge in [-0.25, -0.2) is 9.78 Å². The van der Waals surface area contributed by atoms with Gasteiger partial charge in [0.25, 0.3) is 5.91 Å². The number of hydrogen-bond donors (Lipinski definition) is 3. The number of aromatic nitrogens is 2. The van der Waals surface area contributed by atoms with Crippen LogP contribution in [0.4, 0.5) is 27.7 Å². The molecule has 3 aromatic rings. The predicted octanol–water partition coefficient (Wildman–Crippen LogP) is 3.11. The third-order valence-corrected chi connectivity index (χ3v) is 5.19. The molecule has 0 fully saturated rings. The van der Waals surface area contributed by atoms with Gasteiger partial charge in [0.2, 0.25) is 0 Å². The highest BCUT2D eigenvalue weighted by Gasteiger charge is 2.22. The predicted molar refractivity (Wildman–Crippen MR) is 135 cm³/mol. The van der Waals surface area contributed by atoms with Crippen molar-refractivity contribution in [3.63, 3.8) is 0 Å². The molecule has 0 saturated carbocycles. The summed E-state index contributed by atoms with van der Waals surface area (Å²) in [5.74, 6) is 0.481. The maximum absolute atomic E-state index is 13.1. The number of carbonyl (C=O) groups is 2. The third-order valence-electron chi connectivity index (χ3n) is 5.19. The number of urea groups is 1. The second-order valence-electron chi connectivity index (χ2n) is 8.14. The van der Waals surface area contributed by atoms with Gasteiger partial charge in [0.1, 0.15) is 18.2 Å². The van der Waals surface area contributed by atoms with E-state index in [4.69, 9.17) is 0 Å². The lowest BCUT2D eigenvalue weighted by atomic mass is 9.98. The number of anilines is 4. The Bertz CT molecular complexity index is 1250. The second-order valence-corrected chi connectivity index (χ2v) is 8.14. The Morgan fingerprint density at radius 3 is 2.44 bits per heavy atom. The SMILES string of the molecule is CN(C)C(=O)Nc1cncc(-c2ccc3c(c2)C(C(=O)Nc2ccc(N(C)C)nc2)=NCN3)c1. The Labute approximate surface area is 197 Å². The van der Waals surface area contributed by atoms with Gasteiger partial charge in [-0.1, -0.05) is 6.07 Å². The van der Waals surface area contributed by atoms with E-state index in [0.717, 1.165) is 22.6 Å². The summed E-state index contributed by atoms with van der Waals surface area (Å²) in [6.07, 6.45) is 4.91. The highest BCUT2D eigenvalue weighted by molar-refractivity contribution is 6.50. The third kappa shape index (κ3) is 4.96. The van der Waals surface area contributed by atoms with Gasteiger partial charge in [-0.05, 0) is 35.9 Å².